The summed E-state index contributed by atoms with van der Waals surface area (Å²) in [7, 11) is -3.71. The highest BCUT2D eigenvalue weighted by Gasteiger charge is 2.29. The summed E-state index contributed by atoms with van der Waals surface area (Å²) in [5, 5.41) is 2.83. The molecular weight excluding hydrogens is 405 g/mol. The van der Waals surface area contributed by atoms with Gasteiger partial charge in [-0.15, -0.1) is 0 Å². The minimum absolute atomic E-state index is 0.256. The molecule has 1 aliphatic rings. The molecule has 1 aliphatic heterocycles. The van der Waals surface area contributed by atoms with Gasteiger partial charge in [-0.25, -0.2) is 12.8 Å². The molecule has 0 aromatic heterocycles. The number of carbonyl (C=O) groups excluding carboxylic acids is 1. The first-order valence-electron chi connectivity index (χ1n) is 10.1. The minimum Gasteiger partial charge on any atom is -0.371 e. The van der Waals surface area contributed by atoms with Gasteiger partial charge in [-0.2, -0.15) is 0 Å². The van der Waals surface area contributed by atoms with Gasteiger partial charge in [0.15, 0.2) is 0 Å². The molecule has 8 heteroatoms. The van der Waals surface area contributed by atoms with Crippen LogP contribution >= 0.6 is 0 Å². The van der Waals surface area contributed by atoms with Crippen LogP contribution in [0.3, 0.4) is 0 Å². The number of aryl methyl sites for hydroxylation is 1. The molecule has 0 fully saturated rings. The highest BCUT2D eigenvalue weighted by Crippen LogP contribution is 2.26. The van der Waals surface area contributed by atoms with Gasteiger partial charge in [0.25, 0.3) is 0 Å². The molecule has 0 unspecified atom stereocenters. The summed E-state index contributed by atoms with van der Waals surface area (Å²) in [6.07, 6.45) is 3.99. The summed E-state index contributed by atoms with van der Waals surface area (Å²) >= 11 is 0. The van der Waals surface area contributed by atoms with E-state index in [2.05, 4.69) is 28.4 Å². The molecule has 1 heterocycles. The number of anilines is 2. The Morgan fingerprint density at radius 1 is 1.20 bits per heavy atom. The number of benzene rings is 2. The third kappa shape index (κ3) is 5.30. The molecule has 162 valence electrons. The second-order valence-corrected chi connectivity index (χ2v) is 9.43. The van der Waals surface area contributed by atoms with E-state index in [1.165, 1.54) is 42.4 Å². The highest BCUT2D eigenvalue weighted by molar-refractivity contribution is 7.92. The third-order valence-electron chi connectivity index (χ3n) is 5.28. The summed E-state index contributed by atoms with van der Waals surface area (Å²) in [6.45, 7) is 3.79. The molecule has 0 radical (unpaired) electrons. The number of fused-ring (bicyclic) bond motifs is 1. The van der Waals surface area contributed by atoms with Crippen molar-refractivity contribution in [2.75, 3.05) is 35.1 Å². The van der Waals surface area contributed by atoms with Crippen molar-refractivity contribution in [3.63, 3.8) is 0 Å². The molecule has 6 nitrogen and oxygen atoms in total. The maximum Gasteiger partial charge on any atom is 0.243 e. The average molecular weight is 434 g/mol. The van der Waals surface area contributed by atoms with Crippen molar-refractivity contribution >= 4 is 27.3 Å². The monoisotopic (exact) mass is 433 g/mol. The van der Waals surface area contributed by atoms with Crippen molar-refractivity contribution in [3.8, 4) is 0 Å². The van der Waals surface area contributed by atoms with Crippen LogP contribution < -0.4 is 14.5 Å². The Bertz CT molecular complexity index is 979. The summed E-state index contributed by atoms with van der Waals surface area (Å²) < 4.78 is 38.7. The molecule has 0 saturated heterocycles. The molecule has 2 aromatic rings. The molecular formula is C22H28FN3O3S. The number of halogens is 1. The molecule has 1 N–H and O–H groups in total. The normalized spacial score (nSPS) is 14.7. The summed E-state index contributed by atoms with van der Waals surface area (Å²) in [5.74, 6) is -0.854. The van der Waals surface area contributed by atoms with E-state index in [1.54, 1.807) is 0 Å². The number of nitrogens with one attached hydrogen (secondary N) is 1. The molecule has 3 rings (SSSR count). The molecule has 0 saturated carbocycles. The van der Waals surface area contributed by atoms with Crippen molar-refractivity contribution < 1.29 is 17.6 Å². The van der Waals surface area contributed by atoms with E-state index in [-0.39, 0.29) is 11.6 Å². The minimum atomic E-state index is -3.71. The standard InChI is InChI=1S/C22H28FN3O3S/c1-17(26(30(2,28)29)20-12-10-19(23)11-13-20)22(27)24-14-6-16-25-15-5-8-18-7-3-4-9-21(18)25/h3-4,7,9-13,17H,5-6,8,14-16H2,1-2H3,(H,24,27)/t17-/m0/s1. The van der Waals surface area contributed by atoms with Crippen LogP contribution in [0, 0.1) is 5.82 Å². The van der Waals surface area contributed by atoms with Crippen LogP contribution in [0.2, 0.25) is 0 Å². The molecule has 30 heavy (non-hydrogen) atoms. The highest BCUT2D eigenvalue weighted by atomic mass is 32.2. The van der Waals surface area contributed by atoms with Crippen molar-refractivity contribution in [2.24, 2.45) is 0 Å². The fourth-order valence-electron chi connectivity index (χ4n) is 3.87. The van der Waals surface area contributed by atoms with Gasteiger partial charge in [0.1, 0.15) is 11.9 Å². The summed E-state index contributed by atoms with van der Waals surface area (Å²) in [4.78, 5) is 14.9. The molecule has 0 bridgehead atoms. The Labute approximate surface area is 177 Å². The fourth-order valence-corrected chi connectivity index (χ4v) is 5.04. The number of sulfonamides is 1. The zero-order chi connectivity index (χ0) is 21.7. The zero-order valence-electron chi connectivity index (χ0n) is 17.3. The maximum absolute atomic E-state index is 13.2. The van der Waals surface area contributed by atoms with E-state index < -0.39 is 21.9 Å². The Kier molecular flexibility index (Phi) is 6.97. The van der Waals surface area contributed by atoms with Gasteiger partial charge in [0.05, 0.1) is 11.9 Å². The lowest BCUT2D eigenvalue weighted by Gasteiger charge is -2.31. The lowest BCUT2D eigenvalue weighted by Crippen LogP contribution is -2.48. The van der Waals surface area contributed by atoms with Crippen LogP contribution in [-0.4, -0.2) is 46.3 Å². The van der Waals surface area contributed by atoms with Gasteiger partial charge in [-0.1, -0.05) is 18.2 Å². The number of nitrogens with zero attached hydrogens (tertiary/aromatic N) is 2. The Hall–Kier alpha value is -2.61. The van der Waals surface area contributed by atoms with Crippen molar-refractivity contribution in [2.45, 2.75) is 32.2 Å². The Morgan fingerprint density at radius 2 is 1.90 bits per heavy atom. The quantitative estimate of drug-likeness (QED) is 0.650. The Morgan fingerprint density at radius 3 is 2.60 bits per heavy atom. The number of carbonyl (C=O) groups is 1. The zero-order valence-corrected chi connectivity index (χ0v) is 18.2. The van der Waals surface area contributed by atoms with Crippen LogP contribution in [-0.2, 0) is 21.2 Å². The van der Waals surface area contributed by atoms with Crippen LogP contribution in [0.5, 0.6) is 0 Å². The van der Waals surface area contributed by atoms with Gasteiger partial charge in [0.2, 0.25) is 15.9 Å². The van der Waals surface area contributed by atoms with Crippen LogP contribution in [0.1, 0.15) is 25.3 Å². The maximum atomic E-state index is 13.2. The van der Waals surface area contributed by atoms with Crippen LogP contribution in [0.25, 0.3) is 0 Å². The predicted molar refractivity (Wildman–Crippen MR) is 118 cm³/mol. The second-order valence-electron chi connectivity index (χ2n) is 7.58. The van der Waals surface area contributed by atoms with E-state index in [0.29, 0.717) is 6.54 Å². The van der Waals surface area contributed by atoms with Gasteiger partial charge in [-0.3, -0.25) is 9.10 Å². The number of rotatable bonds is 8. The van der Waals surface area contributed by atoms with E-state index in [1.807, 2.05) is 6.07 Å². The van der Waals surface area contributed by atoms with Crippen molar-refractivity contribution in [3.05, 3.63) is 59.9 Å². The largest absolute Gasteiger partial charge is 0.371 e. The van der Waals surface area contributed by atoms with Gasteiger partial charge in [0, 0.05) is 25.3 Å². The number of hydrogen-bond donors (Lipinski definition) is 1. The lowest BCUT2D eigenvalue weighted by atomic mass is 10.0. The van der Waals surface area contributed by atoms with Gasteiger partial charge < -0.3 is 10.2 Å². The molecule has 1 atom stereocenters. The summed E-state index contributed by atoms with van der Waals surface area (Å²) in [6, 6.07) is 12.5. The third-order valence-corrected chi connectivity index (χ3v) is 6.52. The first-order chi connectivity index (χ1) is 14.3. The molecule has 0 spiro atoms. The van der Waals surface area contributed by atoms with Crippen molar-refractivity contribution in [1.82, 2.24) is 5.32 Å². The molecule has 1 amide bonds. The van der Waals surface area contributed by atoms with E-state index in [4.69, 9.17) is 0 Å². The molecule has 2 aromatic carbocycles. The second kappa shape index (κ2) is 9.47. The van der Waals surface area contributed by atoms with E-state index >= 15 is 0 Å². The van der Waals surface area contributed by atoms with Gasteiger partial charge >= 0.3 is 0 Å². The number of para-hydroxylation sites is 1. The SMILES string of the molecule is C[C@@H](C(=O)NCCCN1CCCc2ccccc21)N(c1ccc(F)cc1)S(C)(=O)=O. The van der Waals surface area contributed by atoms with Crippen molar-refractivity contribution in [1.29, 1.82) is 0 Å². The number of hydrogen-bond acceptors (Lipinski definition) is 4. The van der Waals surface area contributed by atoms with E-state index in [9.17, 15) is 17.6 Å². The first kappa shape index (κ1) is 22.1. The molecule has 0 aliphatic carbocycles. The topological polar surface area (TPSA) is 69.7 Å². The van der Waals surface area contributed by atoms with Crippen LogP contribution in [0.15, 0.2) is 48.5 Å². The summed E-state index contributed by atoms with van der Waals surface area (Å²) in [5.41, 5.74) is 2.86. The first-order valence-corrected chi connectivity index (χ1v) is 12.0. The van der Waals surface area contributed by atoms with Crippen LogP contribution in [0.4, 0.5) is 15.8 Å². The smallest absolute Gasteiger partial charge is 0.243 e. The number of amides is 1. The fraction of sp³-hybridized carbons (Fsp3) is 0.409. The van der Waals surface area contributed by atoms with Gasteiger partial charge in [-0.05, 0) is 62.1 Å². The van der Waals surface area contributed by atoms with E-state index in [0.717, 1.165) is 42.9 Å². The average Bonchev–Trinajstić information content (AvgIpc) is 2.71. The predicted octanol–water partition coefficient (Wildman–Crippen LogP) is 2.94. The lowest BCUT2D eigenvalue weighted by molar-refractivity contribution is -0.121. The Balaban J connectivity index is 1.57.